The first-order valence-corrected chi connectivity index (χ1v) is 8.44. The molecule has 0 saturated heterocycles. The van der Waals surface area contributed by atoms with Gasteiger partial charge < -0.3 is 5.32 Å². The third kappa shape index (κ3) is 5.03. The predicted molar refractivity (Wildman–Crippen MR) is 83.6 cm³/mol. The molecule has 5 nitrogen and oxygen atoms in total. The Morgan fingerprint density at radius 2 is 1.74 bits per heavy atom. The van der Waals surface area contributed by atoms with Crippen LogP contribution in [0.25, 0.3) is 0 Å². The maximum Gasteiger partial charge on any atom is 0.229 e. The van der Waals surface area contributed by atoms with E-state index in [1.54, 1.807) is 12.1 Å². The van der Waals surface area contributed by atoms with E-state index in [1.165, 1.54) is 24.3 Å². The van der Waals surface area contributed by atoms with Crippen molar-refractivity contribution in [2.24, 2.45) is 0 Å². The molecule has 2 aromatic carbocycles. The molecule has 0 aliphatic rings. The number of carbonyl (C=O) groups excluding carboxylic acids is 1. The summed E-state index contributed by atoms with van der Waals surface area (Å²) in [6.07, 6.45) is 0.665. The van der Waals surface area contributed by atoms with Gasteiger partial charge in [0.05, 0.1) is 18.4 Å². The zero-order valence-electron chi connectivity index (χ0n) is 12.1. The van der Waals surface area contributed by atoms with E-state index in [-0.39, 0.29) is 17.7 Å². The van der Waals surface area contributed by atoms with E-state index >= 15 is 0 Å². The van der Waals surface area contributed by atoms with Crippen LogP contribution in [0.4, 0.5) is 20.2 Å². The molecular formula is C15H14F2N2O3S. The van der Waals surface area contributed by atoms with Gasteiger partial charge in [-0.15, -0.1) is 0 Å². The number of hydrogen-bond donors (Lipinski definition) is 2. The molecule has 0 aliphatic carbocycles. The van der Waals surface area contributed by atoms with Gasteiger partial charge in [0.15, 0.2) is 11.6 Å². The highest BCUT2D eigenvalue weighted by Crippen LogP contribution is 2.17. The van der Waals surface area contributed by atoms with Crippen molar-refractivity contribution >= 4 is 27.3 Å². The fraction of sp³-hybridized carbons (Fsp3) is 0.133. The Balaban J connectivity index is 2.08. The lowest BCUT2D eigenvalue weighted by molar-refractivity contribution is -0.115. The van der Waals surface area contributed by atoms with E-state index in [4.69, 9.17) is 0 Å². The van der Waals surface area contributed by atoms with E-state index in [1.807, 2.05) is 0 Å². The second-order valence-electron chi connectivity index (χ2n) is 4.89. The molecule has 0 unspecified atom stereocenters. The van der Waals surface area contributed by atoms with Crippen LogP contribution in [0.5, 0.6) is 0 Å². The Morgan fingerprint density at radius 3 is 2.43 bits per heavy atom. The number of carbonyl (C=O) groups is 1. The molecule has 0 aliphatic heterocycles. The maximum atomic E-state index is 13.5. The van der Waals surface area contributed by atoms with Crippen LogP contribution in [0.15, 0.2) is 42.5 Å². The molecule has 2 N–H and O–H groups in total. The van der Waals surface area contributed by atoms with E-state index in [9.17, 15) is 22.0 Å². The SMILES string of the molecule is CS(=O)(=O)Nc1cccc(NC(=O)Cc2cccc(F)c2F)c1. The molecule has 0 spiro atoms. The monoisotopic (exact) mass is 340 g/mol. The van der Waals surface area contributed by atoms with Crippen LogP contribution in [0.1, 0.15) is 5.56 Å². The van der Waals surface area contributed by atoms with Gasteiger partial charge in [0, 0.05) is 11.3 Å². The lowest BCUT2D eigenvalue weighted by Gasteiger charge is -2.09. The van der Waals surface area contributed by atoms with Gasteiger partial charge >= 0.3 is 0 Å². The summed E-state index contributed by atoms with van der Waals surface area (Å²) >= 11 is 0. The van der Waals surface area contributed by atoms with Crippen molar-refractivity contribution in [3.8, 4) is 0 Å². The van der Waals surface area contributed by atoms with Crippen LogP contribution < -0.4 is 10.0 Å². The Hall–Kier alpha value is -2.48. The first kappa shape index (κ1) is 16.9. The quantitative estimate of drug-likeness (QED) is 0.878. The first-order valence-electron chi connectivity index (χ1n) is 6.55. The van der Waals surface area contributed by atoms with Gasteiger partial charge in [-0.2, -0.15) is 0 Å². The lowest BCUT2D eigenvalue weighted by Crippen LogP contribution is -2.16. The van der Waals surface area contributed by atoms with E-state index in [0.29, 0.717) is 5.69 Å². The summed E-state index contributed by atoms with van der Waals surface area (Å²) in [5.41, 5.74) is 0.551. The molecule has 0 aromatic heterocycles. The Bertz CT molecular complexity index is 838. The van der Waals surface area contributed by atoms with Crippen LogP contribution in [0.3, 0.4) is 0 Å². The average molecular weight is 340 g/mol. The summed E-state index contributed by atoms with van der Waals surface area (Å²) < 4.78 is 51.2. The Labute approximate surface area is 132 Å². The van der Waals surface area contributed by atoms with Crippen molar-refractivity contribution in [2.75, 3.05) is 16.3 Å². The van der Waals surface area contributed by atoms with Crippen LogP contribution in [0.2, 0.25) is 0 Å². The summed E-state index contributed by atoms with van der Waals surface area (Å²) in [6.45, 7) is 0. The van der Waals surface area contributed by atoms with Crippen LogP contribution in [-0.2, 0) is 21.2 Å². The minimum absolute atomic E-state index is 0.0621. The molecule has 8 heteroatoms. The number of sulfonamides is 1. The minimum atomic E-state index is -3.44. The molecule has 2 rings (SSSR count). The van der Waals surface area contributed by atoms with Crippen molar-refractivity contribution in [2.45, 2.75) is 6.42 Å². The molecule has 0 bridgehead atoms. The van der Waals surface area contributed by atoms with Gasteiger partial charge in [0.1, 0.15) is 0 Å². The summed E-state index contributed by atoms with van der Waals surface area (Å²) in [5, 5.41) is 2.50. The molecular weight excluding hydrogens is 326 g/mol. The number of hydrogen-bond acceptors (Lipinski definition) is 3. The molecule has 1 amide bonds. The molecule has 2 aromatic rings. The third-order valence-electron chi connectivity index (χ3n) is 2.83. The molecule has 0 saturated carbocycles. The number of halogens is 2. The number of rotatable bonds is 5. The first-order chi connectivity index (χ1) is 10.7. The minimum Gasteiger partial charge on any atom is -0.326 e. The summed E-state index contributed by atoms with van der Waals surface area (Å²) in [5.74, 6) is -2.63. The fourth-order valence-electron chi connectivity index (χ4n) is 1.94. The summed E-state index contributed by atoms with van der Waals surface area (Å²) in [6, 6.07) is 9.64. The molecule has 0 radical (unpaired) electrons. The highest BCUT2D eigenvalue weighted by molar-refractivity contribution is 7.92. The Kier molecular flexibility index (Phi) is 4.95. The van der Waals surface area contributed by atoms with Crippen LogP contribution >= 0.6 is 0 Å². The van der Waals surface area contributed by atoms with Crippen molar-refractivity contribution in [1.29, 1.82) is 0 Å². The summed E-state index contributed by atoms with van der Waals surface area (Å²) in [7, 11) is -3.44. The van der Waals surface area contributed by atoms with Gasteiger partial charge in [-0.05, 0) is 24.3 Å². The third-order valence-corrected chi connectivity index (χ3v) is 3.44. The largest absolute Gasteiger partial charge is 0.326 e. The highest BCUT2D eigenvalue weighted by atomic mass is 32.2. The van der Waals surface area contributed by atoms with Crippen LogP contribution in [-0.4, -0.2) is 20.6 Å². The normalized spacial score (nSPS) is 11.1. The number of anilines is 2. The van der Waals surface area contributed by atoms with Gasteiger partial charge in [0.2, 0.25) is 15.9 Å². The highest BCUT2D eigenvalue weighted by Gasteiger charge is 2.12. The topological polar surface area (TPSA) is 75.3 Å². The van der Waals surface area contributed by atoms with Crippen molar-refractivity contribution in [1.82, 2.24) is 0 Å². The second kappa shape index (κ2) is 6.74. The van der Waals surface area contributed by atoms with Crippen LogP contribution in [0, 0.1) is 11.6 Å². The van der Waals surface area contributed by atoms with Gasteiger partial charge in [-0.1, -0.05) is 18.2 Å². The standard InChI is InChI=1S/C15H14F2N2O3S/c1-23(21,22)19-12-6-3-5-11(9-12)18-14(20)8-10-4-2-7-13(16)15(10)17/h2-7,9,19H,8H2,1H3,(H,18,20). The zero-order chi connectivity index (χ0) is 17.0. The van der Waals surface area contributed by atoms with E-state index in [2.05, 4.69) is 10.0 Å². The van der Waals surface area contributed by atoms with E-state index < -0.39 is 27.6 Å². The number of amides is 1. The van der Waals surface area contributed by atoms with E-state index in [0.717, 1.165) is 12.3 Å². The fourth-order valence-corrected chi connectivity index (χ4v) is 2.49. The van der Waals surface area contributed by atoms with Crippen molar-refractivity contribution in [3.63, 3.8) is 0 Å². The van der Waals surface area contributed by atoms with Crippen molar-refractivity contribution in [3.05, 3.63) is 59.7 Å². The Morgan fingerprint density at radius 1 is 1.09 bits per heavy atom. The molecule has 0 heterocycles. The van der Waals surface area contributed by atoms with Gasteiger partial charge in [-0.25, -0.2) is 17.2 Å². The lowest BCUT2D eigenvalue weighted by atomic mass is 10.1. The maximum absolute atomic E-state index is 13.5. The number of nitrogens with one attached hydrogen (secondary N) is 2. The smallest absolute Gasteiger partial charge is 0.229 e. The zero-order valence-corrected chi connectivity index (χ0v) is 13.0. The van der Waals surface area contributed by atoms with Gasteiger partial charge in [-0.3, -0.25) is 9.52 Å². The summed E-state index contributed by atoms with van der Waals surface area (Å²) in [4.78, 5) is 11.9. The van der Waals surface area contributed by atoms with Gasteiger partial charge in [0.25, 0.3) is 0 Å². The molecule has 0 fully saturated rings. The molecule has 122 valence electrons. The predicted octanol–water partition coefficient (Wildman–Crippen LogP) is 2.52. The molecule has 0 atom stereocenters. The number of benzene rings is 2. The molecule has 23 heavy (non-hydrogen) atoms. The average Bonchev–Trinajstić information content (AvgIpc) is 2.42. The van der Waals surface area contributed by atoms with Crippen molar-refractivity contribution < 1.29 is 22.0 Å². The second-order valence-corrected chi connectivity index (χ2v) is 6.64.